The molecule has 0 aromatic heterocycles. The quantitative estimate of drug-likeness (QED) is 0.746. The van der Waals surface area contributed by atoms with Crippen molar-refractivity contribution in [3.8, 4) is 16.9 Å². The third-order valence-electron chi connectivity index (χ3n) is 4.36. The van der Waals surface area contributed by atoms with Gasteiger partial charge in [0.05, 0.1) is 12.7 Å². The molecule has 1 N–H and O–H groups in total. The number of benzene rings is 2. The first-order valence-electron chi connectivity index (χ1n) is 7.75. The summed E-state index contributed by atoms with van der Waals surface area (Å²) >= 11 is 0. The van der Waals surface area contributed by atoms with Crippen LogP contribution in [0.4, 0.5) is 11.4 Å². The molecule has 0 bridgehead atoms. The molecule has 0 heterocycles. The first kappa shape index (κ1) is 16.0. The average Bonchev–Trinajstić information content (AvgIpc) is 2.58. The number of hydrogen-bond acceptors (Lipinski definition) is 4. The van der Waals surface area contributed by atoms with Crippen LogP contribution in [0.3, 0.4) is 0 Å². The van der Waals surface area contributed by atoms with E-state index in [9.17, 15) is 9.59 Å². The van der Waals surface area contributed by atoms with Crippen LogP contribution in [0.25, 0.3) is 11.1 Å². The van der Waals surface area contributed by atoms with E-state index in [1.807, 2.05) is 51.1 Å². The van der Waals surface area contributed by atoms with Crippen LogP contribution < -0.4 is 20.9 Å². The lowest BCUT2D eigenvalue weighted by Crippen LogP contribution is -2.35. The summed E-state index contributed by atoms with van der Waals surface area (Å²) in [6, 6.07) is 11.3. The predicted octanol–water partition coefficient (Wildman–Crippen LogP) is 3.63. The molecule has 24 heavy (non-hydrogen) atoms. The van der Waals surface area contributed by atoms with E-state index in [0.29, 0.717) is 22.7 Å². The van der Waals surface area contributed by atoms with Crippen LogP contribution in [0.15, 0.2) is 46.0 Å². The fourth-order valence-electron chi connectivity index (χ4n) is 2.84. The van der Waals surface area contributed by atoms with Gasteiger partial charge in [0.2, 0.25) is 5.43 Å². The minimum absolute atomic E-state index is 0.347. The zero-order chi connectivity index (χ0) is 17.4. The van der Waals surface area contributed by atoms with Crippen LogP contribution >= 0.6 is 0 Å². The van der Waals surface area contributed by atoms with Gasteiger partial charge in [0, 0.05) is 11.8 Å². The molecule has 0 saturated carbocycles. The summed E-state index contributed by atoms with van der Waals surface area (Å²) in [6.07, 6.45) is 0. The Hall–Kier alpha value is -2.88. The van der Waals surface area contributed by atoms with Gasteiger partial charge >= 0.3 is 0 Å². The highest BCUT2D eigenvalue weighted by Gasteiger charge is 2.24. The van der Waals surface area contributed by atoms with Gasteiger partial charge in [0.15, 0.2) is 0 Å². The molecule has 0 aliphatic carbocycles. The highest BCUT2D eigenvalue weighted by atomic mass is 16.5. The molecule has 0 spiro atoms. The van der Waals surface area contributed by atoms with Crippen LogP contribution in [0, 0.1) is 20.8 Å². The van der Waals surface area contributed by atoms with Crippen molar-refractivity contribution in [2.45, 2.75) is 20.8 Å². The summed E-state index contributed by atoms with van der Waals surface area (Å²) in [6.45, 7) is 5.98. The molecule has 0 unspecified atom stereocenters. The zero-order valence-electron chi connectivity index (χ0n) is 14.2. The van der Waals surface area contributed by atoms with Gasteiger partial charge in [-0.2, -0.15) is 0 Å². The van der Waals surface area contributed by atoms with E-state index >= 15 is 0 Å². The molecule has 122 valence electrons. The molecular formula is C20H19NO3. The topological polar surface area (TPSA) is 55.4 Å². The number of aryl methyl sites for hydroxylation is 3. The van der Waals surface area contributed by atoms with Crippen LogP contribution in [0.1, 0.15) is 16.7 Å². The van der Waals surface area contributed by atoms with Crippen molar-refractivity contribution >= 4 is 11.4 Å². The molecule has 3 aromatic rings. The Kier molecular flexibility index (Phi) is 3.97. The monoisotopic (exact) mass is 321 g/mol. The highest BCUT2D eigenvalue weighted by Crippen LogP contribution is 2.31. The van der Waals surface area contributed by atoms with E-state index < -0.39 is 10.9 Å². The highest BCUT2D eigenvalue weighted by molar-refractivity contribution is 5.86. The normalized spacial score (nSPS) is 10.8. The smallest absolute Gasteiger partial charge is 0.250 e. The Morgan fingerprint density at radius 3 is 2.29 bits per heavy atom. The number of ether oxygens (including phenoxy) is 1. The summed E-state index contributed by atoms with van der Waals surface area (Å²) in [5.41, 5.74) is 4.66. The molecule has 3 aromatic carbocycles. The van der Waals surface area contributed by atoms with Crippen molar-refractivity contribution in [3.05, 3.63) is 73.5 Å². The maximum atomic E-state index is 12.2. The molecular weight excluding hydrogens is 302 g/mol. The second kappa shape index (κ2) is 5.96. The Labute approximate surface area is 140 Å². The summed E-state index contributed by atoms with van der Waals surface area (Å²) in [5.74, 6) is 0.683. The molecule has 4 heteroatoms. The van der Waals surface area contributed by atoms with Crippen molar-refractivity contribution in [2.24, 2.45) is 0 Å². The lowest BCUT2D eigenvalue weighted by molar-refractivity contribution is 0.415. The van der Waals surface area contributed by atoms with Crippen molar-refractivity contribution in [1.82, 2.24) is 0 Å². The fourth-order valence-corrected chi connectivity index (χ4v) is 2.84. The SMILES string of the molecule is COc1cccc(Nc2c(-c3cc(C)c(C)cc3C)c(=O)c2=O)c1. The van der Waals surface area contributed by atoms with E-state index in [-0.39, 0.29) is 0 Å². The van der Waals surface area contributed by atoms with Crippen molar-refractivity contribution in [1.29, 1.82) is 0 Å². The number of methoxy groups -OCH3 is 1. The van der Waals surface area contributed by atoms with Crippen molar-refractivity contribution in [2.75, 3.05) is 12.4 Å². The number of rotatable bonds is 4. The van der Waals surface area contributed by atoms with E-state index in [4.69, 9.17) is 4.74 Å². The van der Waals surface area contributed by atoms with Gasteiger partial charge in [-0.15, -0.1) is 0 Å². The Morgan fingerprint density at radius 1 is 0.875 bits per heavy atom. The summed E-state index contributed by atoms with van der Waals surface area (Å²) in [5, 5.41) is 3.07. The van der Waals surface area contributed by atoms with Crippen LogP contribution in [0.5, 0.6) is 5.75 Å². The van der Waals surface area contributed by atoms with E-state index in [2.05, 4.69) is 5.32 Å². The molecule has 0 aliphatic rings. The third kappa shape index (κ3) is 2.60. The second-order valence-corrected chi connectivity index (χ2v) is 6.02. The van der Waals surface area contributed by atoms with Gasteiger partial charge in [-0.1, -0.05) is 18.2 Å². The molecule has 0 atom stereocenters. The maximum Gasteiger partial charge on any atom is 0.250 e. The van der Waals surface area contributed by atoms with E-state index in [1.165, 1.54) is 0 Å². The molecule has 4 nitrogen and oxygen atoms in total. The summed E-state index contributed by atoms with van der Waals surface area (Å²) in [7, 11) is 1.58. The van der Waals surface area contributed by atoms with Crippen molar-refractivity contribution < 1.29 is 4.74 Å². The first-order valence-corrected chi connectivity index (χ1v) is 7.75. The third-order valence-corrected chi connectivity index (χ3v) is 4.36. The molecule has 3 rings (SSSR count). The standard InChI is InChI=1S/C20H19NO3/c1-11-8-13(3)16(9-12(11)2)17-18(20(23)19(17)22)21-14-6-5-7-15(10-14)24-4/h5-10,21H,1-4H3. The summed E-state index contributed by atoms with van der Waals surface area (Å²) < 4.78 is 5.19. The number of anilines is 2. The van der Waals surface area contributed by atoms with Crippen LogP contribution in [-0.2, 0) is 0 Å². The maximum absolute atomic E-state index is 12.2. The van der Waals surface area contributed by atoms with Crippen LogP contribution in [-0.4, -0.2) is 7.11 Å². The predicted molar refractivity (Wildman–Crippen MR) is 97.3 cm³/mol. The molecule has 0 aliphatic heterocycles. The molecule has 0 amide bonds. The lowest BCUT2D eigenvalue weighted by Gasteiger charge is -2.17. The van der Waals surface area contributed by atoms with E-state index in [1.54, 1.807) is 13.2 Å². The van der Waals surface area contributed by atoms with Gasteiger partial charge in [-0.25, -0.2) is 0 Å². The fraction of sp³-hybridized carbons (Fsp3) is 0.200. The van der Waals surface area contributed by atoms with E-state index in [0.717, 1.165) is 22.3 Å². The molecule has 0 saturated heterocycles. The second-order valence-electron chi connectivity index (χ2n) is 6.02. The Balaban J connectivity index is 2.06. The van der Waals surface area contributed by atoms with Crippen molar-refractivity contribution in [3.63, 3.8) is 0 Å². The number of hydrogen-bond donors (Lipinski definition) is 1. The Bertz CT molecular complexity index is 995. The Morgan fingerprint density at radius 2 is 1.58 bits per heavy atom. The lowest BCUT2D eigenvalue weighted by atomic mass is 9.91. The van der Waals surface area contributed by atoms with Crippen LogP contribution in [0.2, 0.25) is 0 Å². The van der Waals surface area contributed by atoms with Gasteiger partial charge in [-0.05, 0) is 55.2 Å². The molecule has 0 fully saturated rings. The number of nitrogens with one attached hydrogen (secondary N) is 1. The van der Waals surface area contributed by atoms with Gasteiger partial charge in [0.1, 0.15) is 11.4 Å². The minimum atomic E-state index is -0.481. The summed E-state index contributed by atoms with van der Waals surface area (Å²) in [4.78, 5) is 24.2. The first-order chi connectivity index (χ1) is 11.4. The van der Waals surface area contributed by atoms with Gasteiger partial charge in [-0.3, -0.25) is 9.59 Å². The zero-order valence-corrected chi connectivity index (χ0v) is 14.2. The average molecular weight is 321 g/mol. The molecule has 0 radical (unpaired) electrons. The van der Waals surface area contributed by atoms with Gasteiger partial charge < -0.3 is 10.1 Å². The largest absolute Gasteiger partial charge is 0.497 e. The minimum Gasteiger partial charge on any atom is -0.497 e. The van der Waals surface area contributed by atoms with Gasteiger partial charge in [0.25, 0.3) is 5.43 Å².